The molecule has 0 unspecified atom stereocenters. The molecule has 1 N–H and O–H groups in total. The lowest BCUT2D eigenvalue weighted by Gasteiger charge is -2.21. The van der Waals surface area contributed by atoms with Gasteiger partial charge in [-0.05, 0) is 12.8 Å². The Balaban J connectivity index is 2.99. The topological polar surface area (TPSA) is 66.1 Å². The highest BCUT2D eigenvalue weighted by molar-refractivity contribution is 7.89. The Morgan fingerprint density at radius 2 is 2.12 bits per heavy atom. The highest BCUT2D eigenvalue weighted by atomic mass is 32.2. The number of nitrogens with one attached hydrogen (secondary N) is 1. The zero-order valence-corrected chi connectivity index (χ0v) is 11.0. The van der Waals surface area contributed by atoms with Crippen molar-refractivity contribution in [2.24, 2.45) is 5.92 Å². The Kier molecular flexibility index (Phi) is 4.09. The molecule has 0 amide bonds. The molecule has 6 heteroatoms. The smallest absolute Gasteiger partial charge is 0.260 e. The van der Waals surface area contributed by atoms with Crippen molar-refractivity contribution >= 4 is 10.0 Å². The number of aromatic nitrogens is 2. The Labute approximate surface area is 96.9 Å². The summed E-state index contributed by atoms with van der Waals surface area (Å²) in [6.45, 7) is 8.56. The van der Waals surface area contributed by atoms with Crippen LogP contribution in [0.3, 0.4) is 0 Å². The Morgan fingerprint density at radius 3 is 2.50 bits per heavy atom. The molecule has 16 heavy (non-hydrogen) atoms. The van der Waals surface area contributed by atoms with Crippen LogP contribution in [0.2, 0.25) is 0 Å². The summed E-state index contributed by atoms with van der Waals surface area (Å²) in [5.41, 5.74) is 0. The van der Waals surface area contributed by atoms with Crippen molar-refractivity contribution < 1.29 is 8.42 Å². The number of H-pyrrole nitrogens is 1. The third kappa shape index (κ3) is 2.82. The molecule has 0 fully saturated rings. The lowest BCUT2D eigenvalue weighted by Crippen LogP contribution is -2.34. The van der Waals surface area contributed by atoms with Crippen LogP contribution in [-0.2, 0) is 10.0 Å². The number of hydrogen-bond donors (Lipinski definition) is 1. The van der Waals surface area contributed by atoms with E-state index in [1.165, 1.54) is 10.5 Å². The van der Waals surface area contributed by atoms with Gasteiger partial charge in [-0.2, -0.15) is 4.31 Å². The van der Waals surface area contributed by atoms with Crippen LogP contribution >= 0.6 is 0 Å². The highest BCUT2D eigenvalue weighted by Crippen LogP contribution is 2.14. The van der Waals surface area contributed by atoms with Gasteiger partial charge in [0.05, 0.1) is 6.20 Å². The fourth-order valence-corrected chi connectivity index (χ4v) is 3.05. The normalized spacial score (nSPS) is 12.6. The van der Waals surface area contributed by atoms with E-state index in [-0.39, 0.29) is 5.03 Å². The van der Waals surface area contributed by atoms with Crippen LogP contribution in [-0.4, -0.2) is 35.8 Å². The maximum absolute atomic E-state index is 12.2. The summed E-state index contributed by atoms with van der Waals surface area (Å²) in [5, 5.41) is 0.174. The second kappa shape index (κ2) is 4.97. The maximum atomic E-state index is 12.2. The zero-order valence-electron chi connectivity index (χ0n) is 10.2. The molecule has 0 radical (unpaired) electrons. The third-order valence-electron chi connectivity index (χ3n) is 2.22. The first-order chi connectivity index (χ1) is 7.37. The first-order valence-electron chi connectivity index (χ1n) is 5.39. The van der Waals surface area contributed by atoms with E-state index in [1.54, 1.807) is 6.92 Å². The molecule has 5 nitrogen and oxygen atoms in total. The molecule has 1 rings (SSSR count). The number of imidazole rings is 1. The highest BCUT2D eigenvalue weighted by Gasteiger charge is 2.25. The summed E-state index contributed by atoms with van der Waals surface area (Å²) < 4.78 is 25.8. The van der Waals surface area contributed by atoms with Crippen LogP contribution in [0.4, 0.5) is 0 Å². The van der Waals surface area contributed by atoms with Crippen molar-refractivity contribution in [3.05, 3.63) is 12.0 Å². The zero-order chi connectivity index (χ0) is 12.3. The molecule has 1 heterocycles. The molecule has 0 spiro atoms. The minimum absolute atomic E-state index is 0.174. The van der Waals surface area contributed by atoms with Crippen molar-refractivity contribution in [2.75, 3.05) is 13.1 Å². The Morgan fingerprint density at radius 1 is 1.50 bits per heavy atom. The maximum Gasteiger partial charge on any atom is 0.260 e. The van der Waals surface area contributed by atoms with Gasteiger partial charge in [-0.25, -0.2) is 13.4 Å². The van der Waals surface area contributed by atoms with Gasteiger partial charge >= 0.3 is 0 Å². The number of aryl methyl sites for hydroxylation is 1. The van der Waals surface area contributed by atoms with Crippen LogP contribution in [0.5, 0.6) is 0 Å². The van der Waals surface area contributed by atoms with Gasteiger partial charge in [0.1, 0.15) is 5.82 Å². The van der Waals surface area contributed by atoms with Crippen molar-refractivity contribution in [1.82, 2.24) is 14.3 Å². The molecule has 0 aromatic carbocycles. The summed E-state index contributed by atoms with van der Waals surface area (Å²) in [6.07, 6.45) is 1.37. The lowest BCUT2D eigenvalue weighted by atomic mass is 10.2. The van der Waals surface area contributed by atoms with E-state index in [0.717, 1.165) is 0 Å². The third-order valence-corrected chi connectivity index (χ3v) is 4.07. The fourth-order valence-electron chi connectivity index (χ4n) is 1.47. The van der Waals surface area contributed by atoms with Gasteiger partial charge in [-0.1, -0.05) is 20.8 Å². The van der Waals surface area contributed by atoms with Gasteiger partial charge in [0, 0.05) is 13.1 Å². The summed E-state index contributed by atoms with van der Waals surface area (Å²) in [6, 6.07) is 0. The van der Waals surface area contributed by atoms with Gasteiger partial charge in [-0.3, -0.25) is 0 Å². The standard InChI is InChI=1S/C10H19N3O2S/c1-5-13(7-8(2)3)16(14,15)10-6-11-9(4)12-10/h6,8H,5,7H2,1-4H3,(H,11,12). The number of sulfonamides is 1. The van der Waals surface area contributed by atoms with Crippen LogP contribution in [0.25, 0.3) is 0 Å². The van der Waals surface area contributed by atoms with Crippen molar-refractivity contribution in [3.63, 3.8) is 0 Å². The monoisotopic (exact) mass is 245 g/mol. The molecular formula is C10H19N3O2S. The molecule has 1 aromatic heterocycles. The predicted octanol–water partition coefficient (Wildman–Crippen LogP) is 1.38. The fraction of sp³-hybridized carbons (Fsp3) is 0.700. The number of aromatic amines is 1. The van der Waals surface area contributed by atoms with E-state index in [1.807, 2.05) is 20.8 Å². The average Bonchev–Trinajstić information content (AvgIpc) is 2.61. The molecular weight excluding hydrogens is 226 g/mol. The second-order valence-corrected chi connectivity index (χ2v) is 6.09. The van der Waals surface area contributed by atoms with Gasteiger partial charge in [0.2, 0.25) is 0 Å². The second-order valence-electron chi connectivity index (χ2n) is 4.18. The number of nitrogens with zero attached hydrogens (tertiary/aromatic N) is 2. The van der Waals surface area contributed by atoms with Gasteiger partial charge in [-0.15, -0.1) is 0 Å². The summed E-state index contributed by atoms with van der Waals surface area (Å²) >= 11 is 0. The van der Waals surface area contributed by atoms with E-state index < -0.39 is 10.0 Å². The number of hydrogen-bond acceptors (Lipinski definition) is 3. The van der Waals surface area contributed by atoms with E-state index in [4.69, 9.17) is 0 Å². The Hall–Kier alpha value is -0.880. The largest absolute Gasteiger partial charge is 0.332 e. The minimum atomic E-state index is -3.41. The quantitative estimate of drug-likeness (QED) is 0.852. The van der Waals surface area contributed by atoms with Gasteiger partial charge in [0.25, 0.3) is 10.0 Å². The summed E-state index contributed by atoms with van der Waals surface area (Å²) in [5.74, 6) is 0.915. The Bertz CT molecular complexity index is 437. The van der Waals surface area contributed by atoms with Crippen molar-refractivity contribution in [2.45, 2.75) is 32.7 Å². The van der Waals surface area contributed by atoms with Gasteiger partial charge < -0.3 is 4.98 Å². The molecule has 92 valence electrons. The van der Waals surface area contributed by atoms with Crippen LogP contribution in [0, 0.1) is 12.8 Å². The molecule has 0 bridgehead atoms. The number of rotatable bonds is 5. The van der Waals surface area contributed by atoms with E-state index in [9.17, 15) is 8.42 Å². The van der Waals surface area contributed by atoms with Crippen molar-refractivity contribution in [3.8, 4) is 0 Å². The molecule has 0 atom stereocenters. The first kappa shape index (κ1) is 13.2. The molecule has 0 aliphatic carbocycles. The molecule has 1 aromatic rings. The molecule has 0 aliphatic heterocycles. The first-order valence-corrected chi connectivity index (χ1v) is 6.83. The van der Waals surface area contributed by atoms with E-state index >= 15 is 0 Å². The summed E-state index contributed by atoms with van der Waals surface area (Å²) in [4.78, 5) is 6.68. The van der Waals surface area contributed by atoms with E-state index in [2.05, 4.69) is 9.97 Å². The molecule has 0 aliphatic rings. The van der Waals surface area contributed by atoms with E-state index in [0.29, 0.717) is 24.8 Å². The summed E-state index contributed by atoms with van der Waals surface area (Å²) in [7, 11) is -3.41. The van der Waals surface area contributed by atoms with Crippen LogP contribution in [0.15, 0.2) is 11.2 Å². The SMILES string of the molecule is CCN(CC(C)C)S(=O)(=O)c1cnc(C)[nH]1. The molecule has 0 saturated heterocycles. The predicted molar refractivity (Wildman–Crippen MR) is 62.6 cm³/mol. The molecule has 0 saturated carbocycles. The van der Waals surface area contributed by atoms with Crippen LogP contribution < -0.4 is 0 Å². The van der Waals surface area contributed by atoms with Crippen LogP contribution in [0.1, 0.15) is 26.6 Å². The minimum Gasteiger partial charge on any atom is -0.332 e. The van der Waals surface area contributed by atoms with Gasteiger partial charge in [0.15, 0.2) is 5.03 Å². The average molecular weight is 245 g/mol. The lowest BCUT2D eigenvalue weighted by molar-refractivity contribution is 0.379. The van der Waals surface area contributed by atoms with Crippen molar-refractivity contribution in [1.29, 1.82) is 0 Å².